The molecule has 1 N–H and O–H groups in total. The molecule has 0 aliphatic carbocycles. The van der Waals surface area contributed by atoms with E-state index in [1.165, 1.54) is 44.2 Å². The summed E-state index contributed by atoms with van der Waals surface area (Å²) < 4.78 is 3.10. The second kappa shape index (κ2) is 8.70. The van der Waals surface area contributed by atoms with Gasteiger partial charge in [-0.2, -0.15) is 5.10 Å². The second-order valence-corrected chi connectivity index (χ2v) is 5.71. The highest BCUT2D eigenvalue weighted by Crippen LogP contribution is 2.26. The van der Waals surface area contributed by atoms with Crippen molar-refractivity contribution in [1.29, 1.82) is 0 Å². The van der Waals surface area contributed by atoms with Gasteiger partial charge in [-0.25, -0.2) is 0 Å². The zero-order valence-electron chi connectivity index (χ0n) is 11.9. The lowest BCUT2D eigenvalue weighted by molar-refractivity contribution is 0.444. The zero-order chi connectivity index (χ0) is 13.4. The van der Waals surface area contributed by atoms with Gasteiger partial charge in [0, 0.05) is 7.05 Å². The Bertz CT molecular complexity index is 316. The Balaban J connectivity index is 2.60. The van der Waals surface area contributed by atoms with Crippen molar-refractivity contribution in [2.45, 2.75) is 58.4 Å². The molecule has 1 heterocycles. The SMILES string of the molecule is CCCCCCC(NCCC)c1c(Br)cnn1C. The van der Waals surface area contributed by atoms with Crippen LogP contribution in [0.4, 0.5) is 0 Å². The first-order chi connectivity index (χ1) is 8.70. The van der Waals surface area contributed by atoms with Crippen LogP contribution < -0.4 is 5.32 Å². The quantitative estimate of drug-likeness (QED) is 0.692. The third-order valence-corrected chi connectivity index (χ3v) is 3.87. The summed E-state index contributed by atoms with van der Waals surface area (Å²) in [6.45, 7) is 5.53. The van der Waals surface area contributed by atoms with E-state index in [4.69, 9.17) is 0 Å². The molecule has 1 atom stereocenters. The van der Waals surface area contributed by atoms with E-state index >= 15 is 0 Å². The number of nitrogens with one attached hydrogen (secondary N) is 1. The van der Waals surface area contributed by atoms with E-state index < -0.39 is 0 Å². The van der Waals surface area contributed by atoms with Gasteiger partial charge in [-0.05, 0) is 35.3 Å². The van der Waals surface area contributed by atoms with Crippen LogP contribution in [0.1, 0.15) is 64.1 Å². The van der Waals surface area contributed by atoms with Gasteiger partial charge in [0.2, 0.25) is 0 Å². The average Bonchev–Trinajstić information content (AvgIpc) is 2.69. The molecule has 104 valence electrons. The molecule has 1 aromatic rings. The molecule has 4 heteroatoms. The lowest BCUT2D eigenvalue weighted by atomic mass is 10.0. The van der Waals surface area contributed by atoms with Gasteiger partial charge in [0.15, 0.2) is 0 Å². The van der Waals surface area contributed by atoms with Gasteiger partial charge in [0.1, 0.15) is 0 Å². The summed E-state index contributed by atoms with van der Waals surface area (Å²) in [5.41, 5.74) is 1.28. The highest BCUT2D eigenvalue weighted by Gasteiger charge is 2.17. The lowest BCUT2D eigenvalue weighted by Crippen LogP contribution is -2.24. The largest absolute Gasteiger partial charge is 0.309 e. The van der Waals surface area contributed by atoms with Gasteiger partial charge in [-0.3, -0.25) is 4.68 Å². The fourth-order valence-electron chi connectivity index (χ4n) is 2.24. The van der Waals surface area contributed by atoms with Crippen LogP contribution in [0.3, 0.4) is 0 Å². The number of aromatic nitrogens is 2. The van der Waals surface area contributed by atoms with E-state index in [9.17, 15) is 0 Å². The van der Waals surface area contributed by atoms with E-state index in [1.807, 2.05) is 17.9 Å². The second-order valence-electron chi connectivity index (χ2n) is 4.86. The molecule has 3 nitrogen and oxygen atoms in total. The van der Waals surface area contributed by atoms with Crippen LogP contribution in [-0.4, -0.2) is 16.3 Å². The minimum atomic E-state index is 0.420. The molecule has 0 aliphatic rings. The standard InChI is InChI=1S/C14H26BrN3/c1-4-6-7-8-9-13(16-10-5-2)14-12(15)11-17-18(14)3/h11,13,16H,4-10H2,1-3H3. The number of halogens is 1. The first-order valence-electron chi connectivity index (χ1n) is 7.11. The molecule has 0 aromatic carbocycles. The van der Waals surface area contributed by atoms with Gasteiger partial charge < -0.3 is 5.32 Å². The molecule has 0 amide bonds. The Hall–Kier alpha value is -0.350. The van der Waals surface area contributed by atoms with Gasteiger partial charge in [0.25, 0.3) is 0 Å². The molecular weight excluding hydrogens is 290 g/mol. The summed E-state index contributed by atoms with van der Waals surface area (Å²) in [5.74, 6) is 0. The monoisotopic (exact) mass is 315 g/mol. The normalized spacial score (nSPS) is 12.9. The third-order valence-electron chi connectivity index (χ3n) is 3.25. The number of hydrogen-bond donors (Lipinski definition) is 1. The fraction of sp³-hybridized carbons (Fsp3) is 0.786. The van der Waals surface area contributed by atoms with Crippen molar-refractivity contribution in [1.82, 2.24) is 15.1 Å². The van der Waals surface area contributed by atoms with Crippen LogP contribution in [0, 0.1) is 0 Å². The van der Waals surface area contributed by atoms with Crippen molar-refractivity contribution in [2.75, 3.05) is 6.54 Å². The zero-order valence-corrected chi connectivity index (χ0v) is 13.5. The Kier molecular flexibility index (Phi) is 7.59. The van der Waals surface area contributed by atoms with E-state index in [1.54, 1.807) is 0 Å². The number of aryl methyl sites for hydroxylation is 1. The van der Waals surface area contributed by atoms with E-state index in [2.05, 4.69) is 40.2 Å². The average molecular weight is 316 g/mol. The molecule has 1 rings (SSSR count). The molecule has 0 fully saturated rings. The number of nitrogens with zero attached hydrogens (tertiary/aromatic N) is 2. The Morgan fingerprint density at radius 1 is 1.28 bits per heavy atom. The summed E-state index contributed by atoms with van der Waals surface area (Å²) >= 11 is 3.61. The number of rotatable bonds is 9. The molecule has 1 aromatic heterocycles. The van der Waals surface area contributed by atoms with Crippen LogP contribution in [0.15, 0.2) is 10.7 Å². The maximum Gasteiger partial charge on any atom is 0.0692 e. The fourth-order valence-corrected chi connectivity index (χ4v) is 2.87. The summed E-state index contributed by atoms with van der Waals surface area (Å²) in [6, 6.07) is 0.420. The van der Waals surface area contributed by atoms with Gasteiger partial charge in [-0.1, -0.05) is 39.5 Å². The highest BCUT2D eigenvalue weighted by atomic mass is 79.9. The Morgan fingerprint density at radius 3 is 2.61 bits per heavy atom. The van der Waals surface area contributed by atoms with Gasteiger partial charge in [-0.15, -0.1) is 0 Å². The Morgan fingerprint density at radius 2 is 2.06 bits per heavy atom. The topological polar surface area (TPSA) is 29.9 Å². The Labute approximate surface area is 119 Å². The summed E-state index contributed by atoms with van der Waals surface area (Å²) in [5, 5.41) is 7.96. The molecule has 0 bridgehead atoms. The first-order valence-corrected chi connectivity index (χ1v) is 7.90. The lowest BCUT2D eigenvalue weighted by Gasteiger charge is -2.19. The van der Waals surface area contributed by atoms with Gasteiger partial charge >= 0.3 is 0 Å². The highest BCUT2D eigenvalue weighted by molar-refractivity contribution is 9.10. The molecule has 0 radical (unpaired) electrons. The van der Waals surface area contributed by atoms with Crippen LogP contribution in [0.5, 0.6) is 0 Å². The van der Waals surface area contributed by atoms with Crippen molar-refractivity contribution in [2.24, 2.45) is 7.05 Å². The number of hydrogen-bond acceptors (Lipinski definition) is 2. The number of unbranched alkanes of at least 4 members (excludes halogenated alkanes) is 3. The molecular formula is C14H26BrN3. The summed E-state index contributed by atoms with van der Waals surface area (Å²) in [6.07, 6.45) is 9.50. The minimum Gasteiger partial charge on any atom is -0.309 e. The molecule has 0 aliphatic heterocycles. The van der Waals surface area contributed by atoms with Crippen molar-refractivity contribution >= 4 is 15.9 Å². The minimum absolute atomic E-state index is 0.420. The summed E-state index contributed by atoms with van der Waals surface area (Å²) in [4.78, 5) is 0. The van der Waals surface area contributed by atoms with Crippen LogP contribution in [-0.2, 0) is 7.05 Å². The molecule has 0 saturated heterocycles. The maximum absolute atomic E-state index is 4.32. The van der Waals surface area contributed by atoms with Crippen molar-refractivity contribution in [3.8, 4) is 0 Å². The third kappa shape index (κ3) is 4.73. The van der Waals surface area contributed by atoms with Crippen LogP contribution in [0.25, 0.3) is 0 Å². The molecule has 1 unspecified atom stereocenters. The van der Waals surface area contributed by atoms with Gasteiger partial charge in [0.05, 0.1) is 22.4 Å². The van der Waals surface area contributed by atoms with E-state index in [0.29, 0.717) is 6.04 Å². The predicted octanol–water partition coefficient (Wildman–Crippen LogP) is 4.19. The molecule has 18 heavy (non-hydrogen) atoms. The summed E-state index contributed by atoms with van der Waals surface area (Å²) in [7, 11) is 2.02. The van der Waals surface area contributed by atoms with Crippen LogP contribution >= 0.6 is 15.9 Å². The van der Waals surface area contributed by atoms with Crippen LogP contribution in [0.2, 0.25) is 0 Å². The predicted molar refractivity (Wildman–Crippen MR) is 80.7 cm³/mol. The van der Waals surface area contributed by atoms with Crippen molar-refractivity contribution in [3.63, 3.8) is 0 Å². The maximum atomic E-state index is 4.32. The van der Waals surface area contributed by atoms with E-state index in [-0.39, 0.29) is 0 Å². The van der Waals surface area contributed by atoms with Crippen molar-refractivity contribution in [3.05, 3.63) is 16.4 Å². The smallest absolute Gasteiger partial charge is 0.0692 e. The van der Waals surface area contributed by atoms with Crippen molar-refractivity contribution < 1.29 is 0 Å². The molecule has 0 spiro atoms. The molecule has 0 saturated carbocycles. The van der Waals surface area contributed by atoms with E-state index in [0.717, 1.165) is 11.0 Å². The first kappa shape index (κ1) is 15.7.